The largest absolute Gasteiger partial charge is 0.495 e. The Kier molecular flexibility index (Phi) is 7.39. The maximum absolute atomic E-state index is 13.6. The van der Waals surface area contributed by atoms with Gasteiger partial charge >= 0.3 is 5.97 Å². The van der Waals surface area contributed by atoms with Crippen molar-refractivity contribution in [3.05, 3.63) is 91.7 Å². The third-order valence-corrected chi connectivity index (χ3v) is 7.87. The molecule has 6 nitrogen and oxygen atoms in total. The molecule has 0 amide bonds. The minimum absolute atomic E-state index is 0.190. The van der Waals surface area contributed by atoms with E-state index in [1.165, 1.54) is 18.4 Å². The summed E-state index contributed by atoms with van der Waals surface area (Å²) in [5.41, 5.74) is 2.58. The van der Waals surface area contributed by atoms with Gasteiger partial charge in [0.25, 0.3) is 5.56 Å². The molecule has 0 radical (unpaired) electrons. The van der Waals surface area contributed by atoms with Crippen molar-refractivity contribution in [1.82, 2.24) is 4.57 Å². The van der Waals surface area contributed by atoms with E-state index in [1.54, 1.807) is 11.7 Å². The average molecular weight is 686 g/mol. The van der Waals surface area contributed by atoms with Gasteiger partial charge in [-0.15, -0.1) is 0 Å². The van der Waals surface area contributed by atoms with Gasteiger partial charge in [-0.1, -0.05) is 48.6 Å². The van der Waals surface area contributed by atoms with Crippen LogP contribution in [-0.2, 0) is 9.53 Å². The summed E-state index contributed by atoms with van der Waals surface area (Å²) in [6.07, 6.45) is 2.41. The zero-order chi connectivity index (χ0) is 23.7. The zero-order valence-corrected chi connectivity index (χ0v) is 23.2. The summed E-state index contributed by atoms with van der Waals surface area (Å²) in [7, 11) is 2.99. The third-order valence-electron chi connectivity index (χ3n) is 5.29. The average Bonchev–Trinajstić information content (AvgIpc) is 3.12. The van der Waals surface area contributed by atoms with E-state index in [-0.39, 0.29) is 5.56 Å². The van der Waals surface area contributed by atoms with Crippen LogP contribution in [0.1, 0.15) is 30.5 Å². The van der Waals surface area contributed by atoms with Gasteiger partial charge in [-0.2, -0.15) is 0 Å². The van der Waals surface area contributed by atoms with Crippen molar-refractivity contribution in [3.63, 3.8) is 0 Å². The Labute approximate surface area is 221 Å². The molecule has 9 heteroatoms. The smallest absolute Gasteiger partial charge is 0.338 e. The molecule has 170 valence electrons. The van der Waals surface area contributed by atoms with Gasteiger partial charge in [-0.25, -0.2) is 9.79 Å². The second-order valence-electron chi connectivity index (χ2n) is 7.22. The third kappa shape index (κ3) is 4.54. The lowest BCUT2D eigenvalue weighted by atomic mass is 9.95. The molecule has 1 aliphatic heterocycles. The number of methoxy groups -OCH3 is 2. The van der Waals surface area contributed by atoms with Crippen LogP contribution in [0.5, 0.6) is 5.75 Å². The number of esters is 1. The SMILES string of the molecule is CCC1=C(C(=O)OC)[C@H](c2ccccc2)n2c(s/c(=C\c3cc(I)c(OC)c(I)c3)c2=O)=N1. The Morgan fingerprint density at radius 3 is 2.42 bits per heavy atom. The molecule has 0 saturated heterocycles. The molecule has 1 atom stereocenters. The first-order chi connectivity index (χ1) is 15.9. The number of allylic oxidation sites excluding steroid dienone is 1. The second kappa shape index (κ2) is 10.1. The predicted octanol–water partition coefficient (Wildman–Crippen LogP) is 4.02. The number of rotatable bonds is 5. The lowest BCUT2D eigenvalue weighted by Crippen LogP contribution is -2.40. The van der Waals surface area contributed by atoms with E-state index in [2.05, 4.69) is 45.2 Å². The summed E-state index contributed by atoms with van der Waals surface area (Å²) < 4.78 is 14.6. The molecule has 33 heavy (non-hydrogen) atoms. The minimum atomic E-state index is -0.594. The van der Waals surface area contributed by atoms with E-state index in [0.717, 1.165) is 24.0 Å². The molecule has 0 spiro atoms. The Morgan fingerprint density at radius 1 is 1.18 bits per heavy atom. The first-order valence-electron chi connectivity index (χ1n) is 10.1. The number of aromatic nitrogens is 1. The highest BCUT2D eigenvalue weighted by Gasteiger charge is 2.33. The van der Waals surface area contributed by atoms with Gasteiger partial charge in [0.15, 0.2) is 4.80 Å². The summed E-state index contributed by atoms with van der Waals surface area (Å²) in [5.74, 6) is 0.340. The molecule has 0 saturated carbocycles. The van der Waals surface area contributed by atoms with Gasteiger partial charge in [-0.3, -0.25) is 9.36 Å². The Balaban J connectivity index is 1.98. The summed E-state index contributed by atoms with van der Waals surface area (Å²) in [4.78, 5) is 31.7. The van der Waals surface area contributed by atoms with Crippen LogP contribution in [0.25, 0.3) is 6.08 Å². The fraction of sp³-hybridized carbons (Fsp3) is 0.208. The molecule has 0 aliphatic carbocycles. The molecule has 2 aromatic carbocycles. The Morgan fingerprint density at radius 2 is 1.85 bits per heavy atom. The standard InChI is InChI=1S/C24H20I2N2O4S/c1-4-17-19(23(30)32-3)20(14-8-6-5-7-9-14)28-22(29)18(33-24(28)27-17)12-13-10-15(25)21(31-2)16(26)11-13/h5-12,20H,4H2,1-3H3/b18-12-/t20-/m0/s1. The molecule has 3 aromatic rings. The van der Waals surface area contributed by atoms with Crippen LogP contribution in [-0.4, -0.2) is 24.8 Å². The number of benzene rings is 2. The van der Waals surface area contributed by atoms with Crippen LogP contribution in [0, 0.1) is 7.14 Å². The number of carbonyl (C=O) groups is 1. The lowest BCUT2D eigenvalue weighted by Gasteiger charge is -2.25. The highest BCUT2D eigenvalue weighted by molar-refractivity contribution is 14.1. The molecule has 1 aromatic heterocycles. The molecular weight excluding hydrogens is 666 g/mol. The van der Waals surface area contributed by atoms with Crippen LogP contribution < -0.4 is 19.6 Å². The maximum atomic E-state index is 13.6. The van der Waals surface area contributed by atoms with Gasteiger partial charge in [0, 0.05) is 0 Å². The number of halogens is 2. The number of carbonyl (C=O) groups excluding carboxylic acids is 1. The summed E-state index contributed by atoms with van der Waals surface area (Å²) in [6, 6.07) is 12.9. The molecule has 0 N–H and O–H groups in total. The number of fused-ring (bicyclic) bond motifs is 1. The quantitative estimate of drug-likeness (QED) is 0.301. The first-order valence-corrected chi connectivity index (χ1v) is 13.1. The van der Waals surface area contributed by atoms with Gasteiger partial charge in [-0.05, 0) is 80.9 Å². The van der Waals surface area contributed by atoms with Crippen molar-refractivity contribution in [2.24, 2.45) is 4.99 Å². The fourth-order valence-electron chi connectivity index (χ4n) is 3.82. The van der Waals surface area contributed by atoms with E-state index < -0.39 is 12.0 Å². The van der Waals surface area contributed by atoms with Gasteiger partial charge in [0.2, 0.25) is 0 Å². The minimum Gasteiger partial charge on any atom is -0.495 e. The van der Waals surface area contributed by atoms with Crippen molar-refractivity contribution >= 4 is 68.6 Å². The van der Waals surface area contributed by atoms with Gasteiger partial charge in [0.05, 0.1) is 43.2 Å². The van der Waals surface area contributed by atoms with Crippen LogP contribution in [0.2, 0.25) is 0 Å². The van der Waals surface area contributed by atoms with E-state index in [9.17, 15) is 9.59 Å². The van der Waals surface area contributed by atoms with Gasteiger partial charge < -0.3 is 9.47 Å². The van der Waals surface area contributed by atoms with E-state index in [4.69, 9.17) is 14.5 Å². The maximum Gasteiger partial charge on any atom is 0.338 e. The molecule has 0 bridgehead atoms. The molecule has 4 rings (SSSR count). The topological polar surface area (TPSA) is 69.9 Å². The monoisotopic (exact) mass is 686 g/mol. The number of hydrogen-bond donors (Lipinski definition) is 0. The second-order valence-corrected chi connectivity index (χ2v) is 10.6. The lowest BCUT2D eigenvalue weighted by molar-refractivity contribution is -0.136. The van der Waals surface area contributed by atoms with Gasteiger partial charge in [0.1, 0.15) is 5.75 Å². The number of thiazole rings is 1. The van der Waals surface area contributed by atoms with Crippen LogP contribution in [0.3, 0.4) is 0 Å². The fourth-order valence-corrected chi connectivity index (χ4v) is 7.10. The predicted molar refractivity (Wildman–Crippen MR) is 145 cm³/mol. The first kappa shape index (κ1) is 24.1. The van der Waals surface area contributed by atoms with Crippen LogP contribution in [0.15, 0.2) is 63.5 Å². The van der Waals surface area contributed by atoms with E-state index in [1.807, 2.05) is 55.5 Å². The van der Waals surface area contributed by atoms with E-state index >= 15 is 0 Å². The zero-order valence-electron chi connectivity index (χ0n) is 18.1. The highest BCUT2D eigenvalue weighted by Crippen LogP contribution is 2.32. The molecule has 2 heterocycles. The Hall–Kier alpha value is -1.99. The van der Waals surface area contributed by atoms with Crippen molar-refractivity contribution in [1.29, 1.82) is 0 Å². The van der Waals surface area contributed by atoms with Crippen molar-refractivity contribution < 1.29 is 14.3 Å². The number of ether oxygens (including phenoxy) is 2. The number of nitrogens with zero attached hydrogens (tertiary/aromatic N) is 2. The molecule has 0 fully saturated rings. The summed E-state index contributed by atoms with van der Waals surface area (Å²) >= 11 is 5.78. The van der Waals surface area contributed by atoms with Crippen molar-refractivity contribution in [2.45, 2.75) is 19.4 Å². The number of hydrogen-bond acceptors (Lipinski definition) is 6. The molecular formula is C24H20I2N2O4S. The van der Waals surface area contributed by atoms with Crippen molar-refractivity contribution in [2.75, 3.05) is 14.2 Å². The van der Waals surface area contributed by atoms with E-state index in [0.29, 0.717) is 27.0 Å². The molecule has 1 aliphatic rings. The highest BCUT2D eigenvalue weighted by atomic mass is 127. The van der Waals surface area contributed by atoms with Crippen molar-refractivity contribution in [3.8, 4) is 5.75 Å². The molecule has 0 unspecified atom stereocenters. The Bertz CT molecular complexity index is 1420. The van der Waals surface area contributed by atoms with Crippen LogP contribution in [0.4, 0.5) is 0 Å². The van der Waals surface area contributed by atoms with Crippen LogP contribution >= 0.6 is 56.5 Å². The summed E-state index contributed by atoms with van der Waals surface area (Å²) in [6.45, 7) is 1.94. The summed E-state index contributed by atoms with van der Waals surface area (Å²) in [5, 5.41) is 0. The normalized spacial score (nSPS) is 15.8.